The second-order valence-corrected chi connectivity index (χ2v) is 7.05. The zero-order valence-corrected chi connectivity index (χ0v) is 13.5. The molecule has 3 nitrogen and oxygen atoms in total. The van der Waals surface area contributed by atoms with Crippen LogP contribution in [-0.2, 0) is 0 Å². The average Bonchev–Trinajstić information content (AvgIpc) is 2.68. The first-order valence-corrected chi connectivity index (χ1v) is 7.76. The van der Waals surface area contributed by atoms with Crippen molar-refractivity contribution in [1.82, 2.24) is 10.3 Å². The van der Waals surface area contributed by atoms with Crippen LogP contribution in [0.3, 0.4) is 0 Å². The van der Waals surface area contributed by atoms with E-state index in [4.69, 9.17) is 5.26 Å². The van der Waals surface area contributed by atoms with Crippen LogP contribution in [0.15, 0.2) is 0 Å². The van der Waals surface area contributed by atoms with Gasteiger partial charge in [0.05, 0.1) is 22.2 Å². The largest absolute Gasteiger partial charge is 0.309 e. The third kappa shape index (κ3) is 5.30. The van der Waals surface area contributed by atoms with E-state index in [0.29, 0.717) is 6.04 Å². The predicted octanol–water partition coefficient (Wildman–Crippen LogP) is 4.13. The van der Waals surface area contributed by atoms with E-state index in [1.807, 2.05) is 13.8 Å². The molecule has 0 bridgehead atoms. The van der Waals surface area contributed by atoms with Crippen LogP contribution in [0.2, 0.25) is 0 Å². The second-order valence-electron chi connectivity index (χ2n) is 5.81. The second kappa shape index (κ2) is 7.02. The van der Waals surface area contributed by atoms with E-state index in [9.17, 15) is 0 Å². The fourth-order valence-corrected chi connectivity index (χ4v) is 3.06. The van der Waals surface area contributed by atoms with Crippen molar-refractivity contribution in [3.8, 4) is 6.07 Å². The SMILES string of the molecule is Cc1nc(C)c(C(C)NCCCCC(C)(C)C#N)s1. The monoisotopic (exact) mass is 279 g/mol. The highest BCUT2D eigenvalue weighted by molar-refractivity contribution is 7.11. The molecule has 0 aliphatic heterocycles. The number of hydrogen-bond acceptors (Lipinski definition) is 4. The van der Waals surface area contributed by atoms with Gasteiger partial charge < -0.3 is 5.32 Å². The minimum absolute atomic E-state index is 0.184. The summed E-state index contributed by atoms with van der Waals surface area (Å²) in [6.07, 6.45) is 3.19. The van der Waals surface area contributed by atoms with Crippen LogP contribution in [0.5, 0.6) is 0 Å². The smallest absolute Gasteiger partial charge is 0.0900 e. The van der Waals surface area contributed by atoms with Crippen LogP contribution < -0.4 is 5.32 Å². The summed E-state index contributed by atoms with van der Waals surface area (Å²) in [7, 11) is 0. The summed E-state index contributed by atoms with van der Waals surface area (Å²) in [4.78, 5) is 5.80. The molecule has 1 unspecified atom stereocenters. The number of thiazole rings is 1. The molecular formula is C15H25N3S. The van der Waals surface area contributed by atoms with Gasteiger partial charge in [-0.2, -0.15) is 5.26 Å². The van der Waals surface area contributed by atoms with E-state index in [1.165, 1.54) is 4.88 Å². The fourth-order valence-electron chi connectivity index (χ4n) is 2.11. The lowest BCUT2D eigenvalue weighted by atomic mass is 9.89. The molecule has 1 atom stereocenters. The van der Waals surface area contributed by atoms with Gasteiger partial charge in [-0.3, -0.25) is 0 Å². The van der Waals surface area contributed by atoms with Crippen molar-refractivity contribution >= 4 is 11.3 Å². The highest BCUT2D eigenvalue weighted by Crippen LogP contribution is 2.25. The van der Waals surface area contributed by atoms with Crippen molar-refractivity contribution in [3.05, 3.63) is 15.6 Å². The standard InChI is InChI=1S/C15H25N3S/c1-11(14-12(2)18-13(3)19-14)17-9-7-6-8-15(4,5)10-16/h11,17H,6-9H2,1-5H3. The first-order valence-electron chi connectivity index (χ1n) is 6.94. The number of hydrogen-bond donors (Lipinski definition) is 1. The fraction of sp³-hybridized carbons (Fsp3) is 0.733. The molecule has 0 saturated carbocycles. The van der Waals surface area contributed by atoms with Crippen molar-refractivity contribution in [2.24, 2.45) is 5.41 Å². The lowest BCUT2D eigenvalue weighted by Crippen LogP contribution is -2.20. The minimum Gasteiger partial charge on any atom is -0.309 e. The molecule has 1 rings (SSSR count). The molecule has 0 aliphatic rings. The summed E-state index contributed by atoms with van der Waals surface area (Å²) in [5, 5.41) is 13.6. The Balaban J connectivity index is 2.27. The molecule has 4 heteroatoms. The van der Waals surface area contributed by atoms with Crippen molar-refractivity contribution in [3.63, 3.8) is 0 Å². The van der Waals surface area contributed by atoms with Gasteiger partial charge in [0, 0.05) is 10.9 Å². The van der Waals surface area contributed by atoms with E-state index >= 15 is 0 Å². The molecule has 1 heterocycles. The van der Waals surface area contributed by atoms with E-state index in [1.54, 1.807) is 11.3 Å². The molecule has 1 aromatic heterocycles. The predicted molar refractivity (Wildman–Crippen MR) is 81.3 cm³/mol. The van der Waals surface area contributed by atoms with Gasteiger partial charge in [0.2, 0.25) is 0 Å². The number of nitrogens with zero attached hydrogens (tertiary/aromatic N) is 2. The molecule has 0 radical (unpaired) electrons. The van der Waals surface area contributed by atoms with Gasteiger partial charge in [0.15, 0.2) is 0 Å². The molecule has 0 saturated heterocycles. The van der Waals surface area contributed by atoms with Gasteiger partial charge in [-0.1, -0.05) is 6.42 Å². The van der Waals surface area contributed by atoms with Crippen LogP contribution in [0.25, 0.3) is 0 Å². The summed E-state index contributed by atoms with van der Waals surface area (Å²) in [5.74, 6) is 0. The van der Waals surface area contributed by atoms with Crippen molar-refractivity contribution in [1.29, 1.82) is 5.26 Å². The van der Waals surface area contributed by atoms with Crippen LogP contribution in [0.4, 0.5) is 0 Å². The van der Waals surface area contributed by atoms with Gasteiger partial charge in [0.1, 0.15) is 0 Å². The Morgan fingerprint density at radius 3 is 2.58 bits per heavy atom. The highest BCUT2D eigenvalue weighted by Gasteiger charge is 2.16. The first kappa shape index (κ1) is 16.1. The molecule has 0 amide bonds. The molecule has 0 aliphatic carbocycles. The number of unbranched alkanes of at least 4 members (excludes halogenated alkanes) is 1. The maximum absolute atomic E-state index is 8.95. The third-order valence-corrected chi connectivity index (χ3v) is 4.57. The normalized spacial score (nSPS) is 13.3. The molecule has 1 aromatic rings. The number of rotatable bonds is 7. The lowest BCUT2D eigenvalue weighted by Gasteiger charge is -2.16. The summed E-state index contributed by atoms with van der Waals surface area (Å²) in [6.45, 7) is 11.3. The third-order valence-electron chi connectivity index (χ3n) is 3.31. The van der Waals surface area contributed by atoms with Crippen LogP contribution in [-0.4, -0.2) is 11.5 Å². The van der Waals surface area contributed by atoms with E-state index < -0.39 is 0 Å². The van der Waals surface area contributed by atoms with Gasteiger partial charge in [-0.05, 0) is 54.0 Å². The van der Waals surface area contributed by atoms with E-state index in [-0.39, 0.29) is 5.41 Å². The van der Waals surface area contributed by atoms with E-state index in [2.05, 4.69) is 37.1 Å². The maximum atomic E-state index is 8.95. The lowest BCUT2D eigenvalue weighted by molar-refractivity contribution is 0.418. The van der Waals surface area contributed by atoms with Gasteiger partial charge >= 0.3 is 0 Å². The molecule has 19 heavy (non-hydrogen) atoms. The molecule has 0 spiro atoms. The molecule has 0 aromatic carbocycles. The summed E-state index contributed by atoms with van der Waals surface area (Å²) >= 11 is 1.78. The van der Waals surface area contributed by atoms with Crippen molar-refractivity contribution in [2.75, 3.05) is 6.54 Å². The van der Waals surface area contributed by atoms with Gasteiger partial charge in [-0.15, -0.1) is 11.3 Å². The van der Waals surface area contributed by atoms with Crippen LogP contribution in [0, 0.1) is 30.6 Å². The van der Waals surface area contributed by atoms with Gasteiger partial charge in [-0.25, -0.2) is 4.98 Å². The Morgan fingerprint density at radius 1 is 1.37 bits per heavy atom. The number of nitrogens with one attached hydrogen (secondary N) is 1. The maximum Gasteiger partial charge on any atom is 0.0900 e. The highest BCUT2D eigenvalue weighted by atomic mass is 32.1. The Bertz CT molecular complexity index is 443. The minimum atomic E-state index is -0.184. The molecule has 0 fully saturated rings. The Hall–Kier alpha value is -0.920. The molecule has 106 valence electrons. The van der Waals surface area contributed by atoms with E-state index in [0.717, 1.165) is 36.5 Å². The zero-order chi connectivity index (χ0) is 14.5. The Labute approximate surface area is 121 Å². The van der Waals surface area contributed by atoms with Crippen molar-refractivity contribution in [2.45, 2.75) is 59.9 Å². The van der Waals surface area contributed by atoms with Crippen molar-refractivity contribution < 1.29 is 0 Å². The quantitative estimate of drug-likeness (QED) is 0.763. The number of aromatic nitrogens is 1. The topological polar surface area (TPSA) is 48.7 Å². The average molecular weight is 279 g/mol. The number of aryl methyl sites for hydroxylation is 2. The summed E-state index contributed by atoms with van der Waals surface area (Å²) < 4.78 is 0. The van der Waals surface area contributed by atoms with Crippen LogP contribution >= 0.6 is 11.3 Å². The number of nitriles is 1. The van der Waals surface area contributed by atoms with Gasteiger partial charge in [0.25, 0.3) is 0 Å². The molecule has 1 N–H and O–H groups in total. The summed E-state index contributed by atoms with van der Waals surface area (Å²) in [6, 6.07) is 2.72. The first-order chi connectivity index (χ1) is 8.85. The summed E-state index contributed by atoms with van der Waals surface area (Å²) in [5.41, 5.74) is 0.963. The zero-order valence-electron chi connectivity index (χ0n) is 12.7. The van der Waals surface area contributed by atoms with Crippen LogP contribution in [0.1, 0.15) is 61.7 Å². The Kier molecular flexibility index (Phi) is 5.96. The Morgan fingerprint density at radius 2 is 2.05 bits per heavy atom. The molecular weight excluding hydrogens is 254 g/mol.